The number of hydrogen-bond acceptors (Lipinski definition) is 4. The van der Waals surface area contributed by atoms with Gasteiger partial charge in [0.2, 0.25) is 5.91 Å². The van der Waals surface area contributed by atoms with Crippen LogP contribution in [-0.4, -0.2) is 49.4 Å². The molecular formula is C15H21FN2O3S. The second-order valence-electron chi connectivity index (χ2n) is 5.55. The Morgan fingerprint density at radius 3 is 2.55 bits per heavy atom. The van der Waals surface area contributed by atoms with Gasteiger partial charge in [0.15, 0.2) is 9.84 Å². The highest BCUT2D eigenvalue weighted by Crippen LogP contribution is 2.19. The fourth-order valence-electron chi connectivity index (χ4n) is 2.72. The van der Waals surface area contributed by atoms with Gasteiger partial charge in [0.25, 0.3) is 0 Å². The van der Waals surface area contributed by atoms with Crippen molar-refractivity contribution in [2.45, 2.75) is 32.4 Å². The molecule has 0 aromatic heterocycles. The number of carbonyl (C=O) groups excluding carboxylic acids is 1. The van der Waals surface area contributed by atoms with Crippen molar-refractivity contribution in [1.29, 1.82) is 0 Å². The van der Waals surface area contributed by atoms with Gasteiger partial charge < -0.3 is 10.2 Å². The minimum Gasteiger partial charge on any atom is -0.374 e. The van der Waals surface area contributed by atoms with Crippen LogP contribution in [0.2, 0.25) is 0 Å². The summed E-state index contributed by atoms with van der Waals surface area (Å²) in [6.45, 7) is 4.03. The van der Waals surface area contributed by atoms with Gasteiger partial charge in [-0.3, -0.25) is 4.79 Å². The van der Waals surface area contributed by atoms with E-state index in [4.69, 9.17) is 0 Å². The zero-order chi connectivity index (χ0) is 16.3. The summed E-state index contributed by atoms with van der Waals surface area (Å²) in [4.78, 5) is 14.2. The van der Waals surface area contributed by atoms with E-state index in [1.54, 1.807) is 24.0 Å². The standard InChI is InChI=1S/C15H21FN2O3S/c1-3-18(14-8-9-22(20,21)10-14)15(19)11(2)17-13-6-4-12(16)5-7-13/h4-7,11,14,17H,3,8-10H2,1-2H3/t11-,14+/m1/s1. The molecule has 1 aromatic rings. The Bertz CT molecular complexity index is 631. The van der Waals surface area contributed by atoms with E-state index in [9.17, 15) is 17.6 Å². The van der Waals surface area contributed by atoms with Gasteiger partial charge in [-0.05, 0) is 44.5 Å². The summed E-state index contributed by atoms with van der Waals surface area (Å²) < 4.78 is 36.1. The Kier molecular flexibility index (Phi) is 5.05. The van der Waals surface area contributed by atoms with Gasteiger partial charge in [-0.15, -0.1) is 0 Å². The third kappa shape index (κ3) is 3.97. The van der Waals surface area contributed by atoms with Crippen LogP contribution in [-0.2, 0) is 14.6 Å². The molecule has 122 valence electrons. The Morgan fingerprint density at radius 2 is 2.05 bits per heavy atom. The van der Waals surface area contributed by atoms with Crippen molar-refractivity contribution in [2.24, 2.45) is 0 Å². The smallest absolute Gasteiger partial charge is 0.245 e. The lowest BCUT2D eigenvalue weighted by atomic mass is 10.1. The maximum atomic E-state index is 12.9. The van der Waals surface area contributed by atoms with E-state index in [2.05, 4.69) is 5.32 Å². The number of hydrogen-bond donors (Lipinski definition) is 1. The lowest BCUT2D eigenvalue weighted by Gasteiger charge is -2.30. The molecule has 0 saturated carbocycles. The van der Waals surface area contributed by atoms with Crippen molar-refractivity contribution in [1.82, 2.24) is 4.90 Å². The molecule has 1 aromatic carbocycles. The molecule has 7 heteroatoms. The summed E-state index contributed by atoms with van der Waals surface area (Å²) in [5, 5.41) is 3.02. The topological polar surface area (TPSA) is 66.5 Å². The van der Waals surface area contributed by atoms with Gasteiger partial charge in [0, 0.05) is 18.3 Å². The van der Waals surface area contributed by atoms with Crippen LogP contribution in [0.25, 0.3) is 0 Å². The zero-order valence-electron chi connectivity index (χ0n) is 12.8. The highest BCUT2D eigenvalue weighted by atomic mass is 32.2. The highest BCUT2D eigenvalue weighted by molar-refractivity contribution is 7.91. The molecule has 22 heavy (non-hydrogen) atoms. The van der Waals surface area contributed by atoms with Crippen LogP contribution >= 0.6 is 0 Å². The SMILES string of the molecule is CCN(C(=O)[C@@H](C)Nc1ccc(F)cc1)[C@H]1CCS(=O)(=O)C1. The first-order chi connectivity index (χ1) is 10.3. The van der Waals surface area contributed by atoms with E-state index in [0.717, 1.165) is 0 Å². The van der Waals surface area contributed by atoms with Crippen LogP contribution in [0, 0.1) is 5.82 Å². The quantitative estimate of drug-likeness (QED) is 0.893. The number of carbonyl (C=O) groups is 1. The average Bonchev–Trinajstić information content (AvgIpc) is 2.82. The highest BCUT2D eigenvalue weighted by Gasteiger charge is 2.35. The van der Waals surface area contributed by atoms with Crippen LogP contribution in [0.15, 0.2) is 24.3 Å². The molecule has 1 amide bonds. The molecular weight excluding hydrogens is 307 g/mol. The fourth-order valence-corrected chi connectivity index (χ4v) is 4.45. The van der Waals surface area contributed by atoms with Crippen LogP contribution in [0.3, 0.4) is 0 Å². The zero-order valence-corrected chi connectivity index (χ0v) is 13.6. The number of amides is 1. The number of nitrogens with zero attached hydrogens (tertiary/aromatic N) is 1. The van der Waals surface area contributed by atoms with Gasteiger partial charge in [-0.25, -0.2) is 12.8 Å². The molecule has 1 aliphatic rings. The minimum atomic E-state index is -3.03. The van der Waals surface area contributed by atoms with Gasteiger partial charge in [-0.1, -0.05) is 0 Å². The number of anilines is 1. The molecule has 1 heterocycles. The third-order valence-corrected chi connectivity index (χ3v) is 5.62. The van der Waals surface area contributed by atoms with Crippen molar-refractivity contribution in [3.05, 3.63) is 30.1 Å². The fraction of sp³-hybridized carbons (Fsp3) is 0.533. The predicted octanol–water partition coefficient (Wildman–Crippen LogP) is 1.66. The van der Waals surface area contributed by atoms with Crippen LogP contribution in [0.5, 0.6) is 0 Å². The van der Waals surface area contributed by atoms with Crippen molar-refractivity contribution in [2.75, 3.05) is 23.4 Å². The van der Waals surface area contributed by atoms with Gasteiger partial charge in [-0.2, -0.15) is 0 Å². The molecule has 0 aliphatic carbocycles. The third-order valence-electron chi connectivity index (χ3n) is 3.87. The molecule has 1 fully saturated rings. The summed E-state index contributed by atoms with van der Waals surface area (Å²) in [5.41, 5.74) is 0.650. The molecule has 2 atom stereocenters. The second kappa shape index (κ2) is 6.64. The second-order valence-corrected chi connectivity index (χ2v) is 7.78. The van der Waals surface area contributed by atoms with E-state index >= 15 is 0 Å². The summed E-state index contributed by atoms with van der Waals surface area (Å²) in [5.74, 6) is -0.304. The molecule has 0 spiro atoms. The predicted molar refractivity (Wildman–Crippen MR) is 83.9 cm³/mol. The number of halogens is 1. The van der Waals surface area contributed by atoms with E-state index < -0.39 is 15.9 Å². The molecule has 1 saturated heterocycles. The van der Waals surface area contributed by atoms with E-state index in [-0.39, 0.29) is 29.3 Å². The molecule has 5 nitrogen and oxygen atoms in total. The normalized spacial score (nSPS) is 21.3. The van der Waals surface area contributed by atoms with Crippen LogP contribution in [0.1, 0.15) is 20.3 Å². The van der Waals surface area contributed by atoms with Gasteiger partial charge in [0.05, 0.1) is 11.5 Å². The Balaban J connectivity index is 2.03. The maximum absolute atomic E-state index is 12.9. The lowest BCUT2D eigenvalue weighted by Crippen LogP contribution is -2.47. The summed E-state index contributed by atoms with van der Waals surface area (Å²) in [6.07, 6.45) is 0.491. The van der Waals surface area contributed by atoms with E-state index in [0.29, 0.717) is 18.7 Å². The summed E-state index contributed by atoms with van der Waals surface area (Å²) in [7, 11) is -3.03. The first-order valence-electron chi connectivity index (χ1n) is 7.35. The van der Waals surface area contributed by atoms with Crippen molar-refractivity contribution in [3.63, 3.8) is 0 Å². The Morgan fingerprint density at radius 1 is 1.41 bits per heavy atom. The molecule has 1 N–H and O–H groups in total. The first kappa shape index (κ1) is 16.7. The van der Waals surface area contributed by atoms with Crippen molar-refractivity contribution < 1.29 is 17.6 Å². The first-order valence-corrected chi connectivity index (χ1v) is 9.17. The lowest BCUT2D eigenvalue weighted by molar-refractivity contribution is -0.133. The molecule has 1 aliphatic heterocycles. The number of likely N-dealkylation sites (N-methyl/N-ethyl adjacent to an activating group) is 1. The number of benzene rings is 1. The summed E-state index contributed by atoms with van der Waals surface area (Å²) >= 11 is 0. The van der Waals surface area contributed by atoms with Crippen molar-refractivity contribution in [3.8, 4) is 0 Å². The molecule has 0 radical (unpaired) electrons. The number of rotatable bonds is 5. The molecule has 2 rings (SSSR count). The van der Waals surface area contributed by atoms with E-state index in [1.165, 1.54) is 12.1 Å². The van der Waals surface area contributed by atoms with Gasteiger partial charge >= 0.3 is 0 Å². The number of sulfone groups is 1. The summed E-state index contributed by atoms with van der Waals surface area (Å²) in [6, 6.07) is 5.01. The molecule has 0 unspecified atom stereocenters. The van der Waals surface area contributed by atoms with Crippen molar-refractivity contribution >= 4 is 21.4 Å². The van der Waals surface area contributed by atoms with Gasteiger partial charge in [0.1, 0.15) is 11.9 Å². The Hall–Kier alpha value is -1.63. The monoisotopic (exact) mass is 328 g/mol. The number of nitrogens with one attached hydrogen (secondary N) is 1. The van der Waals surface area contributed by atoms with Crippen LogP contribution < -0.4 is 5.32 Å². The maximum Gasteiger partial charge on any atom is 0.245 e. The van der Waals surface area contributed by atoms with E-state index in [1.807, 2.05) is 6.92 Å². The van der Waals surface area contributed by atoms with Crippen LogP contribution in [0.4, 0.5) is 10.1 Å². The molecule has 0 bridgehead atoms. The minimum absolute atomic E-state index is 0.0375. The average molecular weight is 328 g/mol. The largest absolute Gasteiger partial charge is 0.374 e. The Labute approximate surface area is 130 Å².